The number of likely N-dealkylation sites (tertiary alicyclic amines) is 1. The van der Waals surface area contributed by atoms with Gasteiger partial charge in [0.1, 0.15) is 11.9 Å². The highest BCUT2D eigenvalue weighted by Crippen LogP contribution is 2.36. The number of nitrogens with two attached hydrogens (primary N) is 1. The number of nitrogens with one attached hydrogen (secondary N) is 2. The van der Waals surface area contributed by atoms with Crippen molar-refractivity contribution in [3.05, 3.63) is 63.9 Å². The molecule has 4 rings (SSSR count). The summed E-state index contributed by atoms with van der Waals surface area (Å²) in [5, 5.41) is 3.83. The lowest BCUT2D eigenvalue weighted by molar-refractivity contribution is -0.140. The second kappa shape index (κ2) is 9.45. The van der Waals surface area contributed by atoms with Crippen LogP contribution in [0.15, 0.2) is 42.5 Å². The monoisotopic (exact) mass is 515 g/mol. The van der Waals surface area contributed by atoms with Gasteiger partial charge in [0.15, 0.2) is 0 Å². The van der Waals surface area contributed by atoms with E-state index in [2.05, 4.69) is 10.3 Å². The Morgan fingerprint density at radius 2 is 1.80 bits per heavy atom. The minimum Gasteiger partial charge on any atom is -0.342 e. The van der Waals surface area contributed by atoms with E-state index in [1.54, 1.807) is 30.9 Å². The molecule has 1 aliphatic heterocycles. The number of hydrogen-bond acceptors (Lipinski definition) is 4. The lowest BCUT2D eigenvalue weighted by Crippen LogP contribution is -2.61. The van der Waals surface area contributed by atoms with Crippen molar-refractivity contribution in [1.29, 1.82) is 0 Å². The minimum absolute atomic E-state index is 0.171. The highest BCUT2D eigenvalue weighted by Gasteiger charge is 2.44. The number of rotatable bonds is 6. The number of carbonyl (C=O) groups excluding carboxylic acids is 2. The third-order valence-corrected chi connectivity index (χ3v) is 7.46. The van der Waals surface area contributed by atoms with Crippen LogP contribution in [0.2, 0.25) is 10.0 Å². The number of amides is 2. The molecule has 0 bridgehead atoms. The van der Waals surface area contributed by atoms with Crippen molar-refractivity contribution < 1.29 is 9.59 Å². The van der Waals surface area contributed by atoms with Gasteiger partial charge in [-0.25, -0.2) is 4.98 Å². The van der Waals surface area contributed by atoms with Crippen molar-refractivity contribution in [2.45, 2.75) is 63.6 Å². The first-order chi connectivity index (χ1) is 16.4. The van der Waals surface area contributed by atoms with Gasteiger partial charge in [0.05, 0.1) is 32.7 Å². The standard InChI is InChI=1S/C26H31Cl2N5O2/c1-25(2,15-9-6-5-7-10-15)21(32-24(35)26(3,4)29)23(34)33-12-8-11-20(33)22-30-18-13-16(27)17(28)14-19(18)31-22/h5-7,9-10,13-14,20-21H,8,11-12,29H2,1-4H3,(H,30,31)(H,32,35)/t20-,21+/m0/s1. The van der Waals surface area contributed by atoms with Gasteiger partial charge in [-0.05, 0) is 44.4 Å². The maximum atomic E-state index is 14.1. The van der Waals surface area contributed by atoms with Crippen molar-refractivity contribution in [2.75, 3.05) is 6.54 Å². The maximum Gasteiger partial charge on any atom is 0.246 e. The molecule has 4 N–H and O–H groups in total. The molecule has 35 heavy (non-hydrogen) atoms. The molecule has 9 heteroatoms. The van der Waals surface area contributed by atoms with E-state index in [0.29, 0.717) is 27.9 Å². The number of aromatic nitrogens is 2. The first-order valence-electron chi connectivity index (χ1n) is 11.7. The molecule has 2 heterocycles. The van der Waals surface area contributed by atoms with Crippen LogP contribution in [0.25, 0.3) is 11.0 Å². The predicted molar refractivity (Wildman–Crippen MR) is 139 cm³/mol. The van der Waals surface area contributed by atoms with Gasteiger partial charge in [-0.1, -0.05) is 67.4 Å². The molecule has 0 aliphatic carbocycles. The number of fused-ring (bicyclic) bond motifs is 1. The average molecular weight is 516 g/mol. The van der Waals surface area contributed by atoms with Gasteiger partial charge in [-0.3, -0.25) is 9.59 Å². The van der Waals surface area contributed by atoms with Crippen LogP contribution >= 0.6 is 23.2 Å². The Balaban J connectivity index is 1.70. The van der Waals surface area contributed by atoms with Gasteiger partial charge in [-0.15, -0.1) is 0 Å². The Morgan fingerprint density at radius 3 is 2.46 bits per heavy atom. The molecular weight excluding hydrogens is 485 g/mol. The number of halogens is 2. The Hall–Kier alpha value is -2.61. The van der Waals surface area contributed by atoms with Gasteiger partial charge in [0.2, 0.25) is 11.8 Å². The van der Waals surface area contributed by atoms with Crippen LogP contribution in [-0.2, 0) is 15.0 Å². The van der Waals surface area contributed by atoms with Gasteiger partial charge in [0, 0.05) is 12.0 Å². The fourth-order valence-corrected chi connectivity index (χ4v) is 4.89. The molecule has 7 nitrogen and oxygen atoms in total. The Kier molecular flexibility index (Phi) is 6.88. The van der Waals surface area contributed by atoms with Crippen LogP contribution in [-0.4, -0.2) is 44.8 Å². The molecule has 0 unspecified atom stereocenters. The molecule has 1 aromatic heterocycles. The molecule has 1 aliphatic rings. The number of H-pyrrole nitrogens is 1. The summed E-state index contributed by atoms with van der Waals surface area (Å²) in [6, 6.07) is 12.1. The second-order valence-electron chi connectivity index (χ2n) is 10.3. The summed E-state index contributed by atoms with van der Waals surface area (Å²) in [5.41, 5.74) is 6.64. The number of aromatic amines is 1. The normalized spacial score (nSPS) is 17.6. The molecule has 0 radical (unpaired) electrons. The van der Waals surface area contributed by atoms with E-state index in [1.807, 2.05) is 44.2 Å². The van der Waals surface area contributed by atoms with Crippen LogP contribution in [0, 0.1) is 0 Å². The summed E-state index contributed by atoms with van der Waals surface area (Å²) < 4.78 is 0. The van der Waals surface area contributed by atoms with E-state index in [4.69, 9.17) is 33.9 Å². The SMILES string of the molecule is CC(C)(N)C(=O)N[C@H](C(=O)N1CCC[C@H]1c1nc2cc(Cl)c(Cl)cc2[nH]1)C(C)(C)c1ccccc1. The van der Waals surface area contributed by atoms with Gasteiger partial charge < -0.3 is 20.9 Å². The fourth-order valence-electron chi connectivity index (χ4n) is 4.57. The molecule has 0 spiro atoms. The molecule has 2 amide bonds. The molecule has 2 aromatic carbocycles. The zero-order chi connectivity index (χ0) is 25.5. The van der Waals surface area contributed by atoms with E-state index in [-0.39, 0.29) is 17.9 Å². The molecule has 0 saturated carbocycles. The minimum atomic E-state index is -1.13. The Bertz CT molecular complexity index is 1210. The lowest BCUT2D eigenvalue weighted by atomic mass is 9.76. The molecule has 1 saturated heterocycles. The first-order valence-corrected chi connectivity index (χ1v) is 12.5. The Morgan fingerprint density at radius 1 is 1.14 bits per heavy atom. The van der Waals surface area contributed by atoms with Crippen LogP contribution < -0.4 is 11.1 Å². The van der Waals surface area contributed by atoms with Crippen molar-refractivity contribution in [1.82, 2.24) is 20.2 Å². The van der Waals surface area contributed by atoms with Crippen molar-refractivity contribution >= 4 is 46.0 Å². The smallest absolute Gasteiger partial charge is 0.246 e. The van der Waals surface area contributed by atoms with E-state index >= 15 is 0 Å². The summed E-state index contributed by atoms with van der Waals surface area (Å²) in [5.74, 6) is 0.116. The summed E-state index contributed by atoms with van der Waals surface area (Å²) in [7, 11) is 0. The number of benzene rings is 2. The number of hydrogen-bond donors (Lipinski definition) is 3. The summed E-state index contributed by atoms with van der Waals surface area (Å²) in [6.07, 6.45) is 1.58. The van der Waals surface area contributed by atoms with Crippen molar-refractivity contribution in [3.8, 4) is 0 Å². The average Bonchev–Trinajstić information content (AvgIpc) is 3.44. The zero-order valence-corrected chi connectivity index (χ0v) is 21.9. The van der Waals surface area contributed by atoms with Crippen molar-refractivity contribution in [3.63, 3.8) is 0 Å². The van der Waals surface area contributed by atoms with Crippen LogP contribution in [0.1, 0.15) is 58.0 Å². The number of carbonyl (C=O) groups is 2. The van der Waals surface area contributed by atoms with Crippen molar-refractivity contribution in [2.24, 2.45) is 5.73 Å². The topological polar surface area (TPSA) is 104 Å². The van der Waals surface area contributed by atoms with Crippen LogP contribution in [0.5, 0.6) is 0 Å². The number of nitrogens with zero attached hydrogens (tertiary/aromatic N) is 2. The third-order valence-electron chi connectivity index (χ3n) is 6.74. The lowest BCUT2D eigenvalue weighted by Gasteiger charge is -2.39. The fraction of sp³-hybridized carbons (Fsp3) is 0.423. The van der Waals surface area contributed by atoms with Crippen LogP contribution in [0.4, 0.5) is 0 Å². The quantitative estimate of drug-likeness (QED) is 0.441. The molecule has 2 atom stereocenters. The molecular formula is C26H31Cl2N5O2. The van der Waals surface area contributed by atoms with Crippen LogP contribution in [0.3, 0.4) is 0 Å². The van der Waals surface area contributed by atoms with E-state index in [1.165, 1.54) is 0 Å². The zero-order valence-electron chi connectivity index (χ0n) is 20.4. The van der Waals surface area contributed by atoms with E-state index in [0.717, 1.165) is 23.9 Å². The van der Waals surface area contributed by atoms with Gasteiger partial charge in [-0.2, -0.15) is 0 Å². The third kappa shape index (κ3) is 5.03. The second-order valence-corrected chi connectivity index (χ2v) is 11.1. The molecule has 1 fully saturated rings. The van der Waals surface area contributed by atoms with Gasteiger partial charge >= 0.3 is 0 Å². The predicted octanol–water partition coefficient (Wildman–Crippen LogP) is 4.73. The first kappa shape index (κ1) is 25.5. The maximum absolute atomic E-state index is 14.1. The summed E-state index contributed by atoms with van der Waals surface area (Å²) in [6.45, 7) is 7.74. The highest BCUT2D eigenvalue weighted by atomic mass is 35.5. The highest BCUT2D eigenvalue weighted by molar-refractivity contribution is 6.42. The summed E-state index contributed by atoms with van der Waals surface area (Å²) >= 11 is 12.3. The molecule has 186 valence electrons. The van der Waals surface area contributed by atoms with E-state index in [9.17, 15) is 9.59 Å². The number of imidazole rings is 1. The summed E-state index contributed by atoms with van der Waals surface area (Å²) in [4.78, 5) is 36.9. The largest absolute Gasteiger partial charge is 0.342 e. The molecule has 3 aromatic rings. The van der Waals surface area contributed by atoms with E-state index < -0.39 is 17.0 Å². The Labute approximate surface area is 215 Å². The van der Waals surface area contributed by atoms with Gasteiger partial charge in [0.25, 0.3) is 0 Å².